The van der Waals surface area contributed by atoms with Crippen LogP contribution in [0, 0.1) is 12.7 Å². The summed E-state index contributed by atoms with van der Waals surface area (Å²) in [5.74, 6) is -0.434. The van der Waals surface area contributed by atoms with Crippen LogP contribution in [0.25, 0.3) is 0 Å². The fourth-order valence-electron chi connectivity index (χ4n) is 3.19. The van der Waals surface area contributed by atoms with Crippen LogP contribution in [0.15, 0.2) is 71.6 Å². The molecule has 0 radical (unpaired) electrons. The van der Waals surface area contributed by atoms with Crippen LogP contribution in [0.4, 0.5) is 15.8 Å². The number of aryl methyl sites for hydroxylation is 1. The summed E-state index contributed by atoms with van der Waals surface area (Å²) in [5, 5.41) is 2.54. The van der Waals surface area contributed by atoms with Gasteiger partial charge in [0.1, 0.15) is 28.8 Å². The molecule has 0 fully saturated rings. The van der Waals surface area contributed by atoms with Gasteiger partial charge < -0.3 is 14.8 Å². The monoisotopic (exact) mass is 472 g/mol. The Morgan fingerprint density at radius 3 is 2.42 bits per heavy atom. The molecule has 0 saturated carbocycles. The van der Waals surface area contributed by atoms with E-state index >= 15 is 0 Å². The minimum absolute atomic E-state index is 0.0718. The Morgan fingerprint density at radius 1 is 1.06 bits per heavy atom. The van der Waals surface area contributed by atoms with Crippen LogP contribution >= 0.6 is 0 Å². The first-order chi connectivity index (χ1) is 15.7. The minimum atomic E-state index is -4.21. The number of halogens is 1. The number of carbonyl (C=O) groups is 1. The van der Waals surface area contributed by atoms with Gasteiger partial charge in [0.2, 0.25) is 5.91 Å². The van der Waals surface area contributed by atoms with Crippen molar-refractivity contribution in [2.75, 3.05) is 29.9 Å². The van der Waals surface area contributed by atoms with E-state index in [-0.39, 0.29) is 22.0 Å². The van der Waals surface area contributed by atoms with Crippen LogP contribution in [0.3, 0.4) is 0 Å². The molecule has 0 heterocycles. The number of carbonyl (C=O) groups excluding carboxylic acids is 1. The molecule has 3 aromatic carbocycles. The Labute approximate surface area is 192 Å². The maximum atomic E-state index is 13.7. The third kappa shape index (κ3) is 5.81. The number of hydrogen-bond donors (Lipinski definition) is 1. The van der Waals surface area contributed by atoms with E-state index in [9.17, 15) is 17.6 Å². The SMILES string of the molecule is CCOc1ccc(N(CC(=O)Nc2cccc(F)c2)S(=O)(=O)c2cc(C)ccc2OC)cc1. The number of methoxy groups -OCH3 is 1. The normalized spacial score (nSPS) is 11.0. The molecule has 0 saturated heterocycles. The van der Waals surface area contributed by atoms with Crippen molar-refractivity contribution in [2.45, 2.75) is 18.7 Å². The summed E-state index contributed by atoms with van der Waals surface area (Å²) in [4.78, 5) is 12.7. The first kappa shape index (κ1) is 24.1. The Balaban J connectivity index is 2.01. The molecule has 174 valence electrons. The zero-order chi connectivity index (χ0) is 24.0. The lowest BCUT2D eigenvalue weighted by molar-refractivity contribution is -0.114. The third-order valence-electron chi connectivity index (χ3n) is 4.72. The van der Waals surface area contributed by atoms with Crippen LogP contribution in [0.1, 0.15) is 12.5 Å². The summed E-state index contributed by atoms with van der Waals surface area (Å²) in [7, 11) is -2.83. The second kappa shape index (κ2) is 10.4. The highest BCUT2D eigenvalue weighted by atomic mass is 32.2. The largest absolute Gasteiger partial charge is 0.495 e. The Hall–Kier alpha value is -3.59. The molecule has 7 nitrogen and oxygen atoms in total. The molecule has 3 rings (SSSR count). The molecule has 0 unspecified atom stereocenters. The molecule has 1 N–H and O–H groups in total. The van der Waals surface area contributed by atoms with Crippen molar-refractivity contribution >= 4 is 27.3 Å². The van der Waals surface area contributed by atoms with Crippen LogP contribution in [-0.4, -0.2) is 34.6 Å². The molecule has 0 aromatic heterocycles. The van der Waals surface area contributed by atoms with Gasteiger partial charge in [-0.15, -0.1) is 0 Å². The number of nitrogens with one attached hydrogen (secondary N) is 1. The molecule has 0 bridgehead atoms. The Bertz CT molecular complexity index is 1230. The van der Waals surface area contributed by atoms with Gasteiger partial charge in [-0.1, -0.05) is 12.1 Å². The van der Waals surface area contributed by atoms with Gasteiger partial charge in [-0.2, -0.15) is 0 Å². The van der Waals surface area contributed by atoms with E-state index in [1.54, 1.807) is 43.3 Å². The quantitative estimate of drug-likeness (QED) is 0.500. The van der Waals surface area contributed by atoms with Gasteiger partial charge in [0.15, 0.2) is 0 Å². The molecule has 0 aliphatic rings. The topological polar surface area (TPSA) is 84.9 Å². The lowest BCUT2D eigenvalue weighted by atomic mass is 10.2. The first-order valence-electron chi connectivity index (χ1n) is 10.2. The maximum Gasteiger partial charge on any atom is 0.268 e. The average Bonchev–Trinajstić information content (AvgIpc) is 2.78. The second-order valence-electron chi connectivity index (χ2n) is 7.15. The molecule has 0 aliphatic carbocycles. The lowest BCUT2D eigenvalue weighted by Crippen LogP contribution is -2.38. The van der Waals surface area contributed by atoms with Crippen LogP contribution in [-0.2, 0) is 14.8 Å². The van der Waals surface area contributed by atoms with Gasteiger partial charge in [0.25, 0.3) is 10.0 Å². The summed E-state index contributed by atoms with van der Waals surface area (Å²) in [6.45, 7) is 3.52. The summed E-state index contributed by atoms with van der Waals surface area (Å²) in [5.41, 5.74) is 1.19. The van der Waals surface area contributed by atoms with E-state index in [1.807, 2.05) is 6.92 Å². The van der Waals surface area contributed by atoms with Crippen molar-refractivity contribution in [2.24, 2.45) is 0 Å². The van der Waals surface area contributed by atoms with Gasteiger partial charge in [0, 0.05) is 5.69 Å². The molecular formula is C24H25FN2O5S. The molecule has 0 aliphatic heterocycles. The van der Waals surface area contributed by atoms with Crippen molar-refractivity contribution in [1.29, 1.82) is 0 Å². The van der Waals surface area contributed by atoms with Crippen LogP contribution in [0.5, 0.6) is 11.5 Å². The van der Waals surface area contributed by atoms with Gasteiger partial charge >= 0.3 is 0 Å². The zero-order valence-electron chi connectivity index (χ0n) is 18.5. The molecule has 0 atom stereocenters. The molecule has 33 heavy (non-hydrogen) atoms. The molecule has 9 heteroatoms. The van der Waals surface area contributed by atoms with Crippen molar-refractivity contribution in [3.05, 3.63) is 78.1 Å². The fourth-order valence-corrected chi connectivity index (χ4v) is 4.86. The number of nitrogens with zero attached hydrogens (tertiary/aromatic N) is 1. The zero-order valence-corrected chi connectivity index (χ0v) is 19.4. The summed E-state index contributed by atoms with van der Waals surface area (Å²) in [6, 6.07) is 16.5. The highest BCUT2D eigenvalue weighted by molar-refractivity contribution is 7.93. The minimum Gasteiger partial charge on any atom is -0.495 e. The van der Waals surface area contributed by atoms with Crippen molar-refractivity contribution in [3.63, 3.8) is 0 Å². The number of sulfonamides is 1. The maximum absolute atomic E-state index is 13.7. The molecular weight excluding hydrogens is 447 g/mol. The van der Waals surface area contributed by atoms with E-state index in [0.29, 0.717) is 17.9 Å². The summed E-state index contributed by atoms with van der Waals surface area (Å²) >= 11 is 0. The predicted octanol–water partition coefficient (Wildman–Crippen LogP) is 4.38. The Morgan fingerprint density at radius 2 is 1.79 bits per heavy atom. The summed E-state index contributed by atoms with van der Waals surface area (Å²) in [6.07, 6.45) is 0. The van der Waals surface area contributed by atoms with Gasteiger partial charge in [0.05, 0.1) is 19.4 Å². The predicted molar refractivity (Wildman–Crippen MR) is 125 cm³/mol. The lowest BCUT2D eigenvalue weighted by Gasteiger charge is -2.25. The van der Waals surface area contributed by atoms with Crippen molar-refractivity contribution in [1.82, 2.24) is 0 Å². The Kier molecular flexibility index (Phi) is 7.55. The molecule has 0 spiro atoms. The van der Waals surface area contributed by atoms with Gasteiger partial charge in [-0.25, -0.2) is 12.8 Å². The van der Waals surface area contributed by atoms with Crippen molar-refractivity contribution in [3.8, 4) is 11.5 Å². The van der Waals surface area contributed by atoms with Gasteiger partial charge in [-0.3, -0.25) is 9.10 Å². The fraction of sp³-hybridized carbons (Fsp3) is 0.208. The van der Waals surface area contributed by atoms with E-state index in [4.69, 9.17) is 9.47 Å². The van der Waals surface area contributed by atoms with Crippen LogP contribution in [0.2, 0.25) is 0 Å². The number of anilines is 2. The standard InChI is InChI=1S/C24H25FN2O5S/c1-4-32-21-11-9-20(10-12-21)27(16-24(28)26-19-7-5-6-18(25)15-19)33(29,30)23-14-17(2)8-13-22(23)31-3/h5-15H,4,16H2,1-3H3,(H,26,28). The van der Waals surface area contributed by atoms with Crippen molar-refractivity contribution < 1.29 is 27.1 Å². The number of amides is 1. The first-order valence-corrected chi connectivity index (χ1v) is 11.6. The van der Waals surface area contributed by atoms with Gasteiger partial charge in [-0.05, 0) is 74.0 Å². The van der Waals surface area contributed by atoms with E-state index in [2.05, 4.69) is 5.32 Å². The number of ether oxygens (including phenoxy) is 2. The smallest absolute Gasteiger partial charge is 0.268 e. The number of hydrogen-bond acceptors (Lipinski definition) is 5. The highest BCUT2D eigenvalue weighted by Crippen LogP contribution is 2.31. The average molecular weight is 473 g/mol. The second-order valence-corrected chi connectivity index (χ2v) is 8.98. The number of rotatable bonds is 9. The van der Waals surface area contributed by atoms with E-state index in [0.717, 1.165) is 10.4 Å². The van der Waals surface area contributed by atoms with E-state index < -0.39 is 28.3 Å². The number of benzene rings is 3. The van der Waals surface area contributed by atoms with E-state index in [1.165, 1.54) is 31.4 Å². The molecule has 3 aromatic rings. The van der Waals surface area contributed by atoms with Crippen LogP contribution < -0.4 is 19.1 Å². The highest BCUT2D eigenvalue weighted by Gasteiger charge is 2.30. The summed E-state index contributed by atoms with van der Waals surface area (Å²) < 4.78 is 52.6. The molecule has 1 amide bonds. The third-order valence-corrected chi connectivity index (χ3v) is 6.51.